The number of aromatic nitrogens is 1. The summed E-state index contributed by atoms with van der Waals surface area (Å²) in [5.41, 5.74) is 0.815. The highest BCUT2D eigenvalue weighted by atomic mass is 127. The van der Waals surface area contributed by atoms with E-state index in [0.717, 1.165) is 18.5 Å². The molecule has 4 N–H and O–H groups in total. The number of rotatable bonds is 20. The number of unbranched alkanes of at least 4 members (excludes halogenated alkanes) is 13. The van der Waals surface area contributed by atoms with Crippen LogP contribution in [0.5, 0.6) is 0 Å². The summed E-state index contributed by atoms with van der Waals surface area (Å²) >= 11 is 0. The third-order valence-corrected chi connectivity index (χ3v) is 10.0. The van der Waals surface area contributed by atoms with E-state index < -0.39 is 20.6 Å². The number of aryl methyl sites for hydroxylation is 2. The van der Waals surface area contributed by atoms with Crippen molar-refractivity contribution in [1.29, 1.82) is 0 Å². The lowest BCUT2D eigenvalue weighted by molar-refractivity contribution is -0.697. The van der Waals surface area contributed by atoms with Gasteiger partial charge < -0.3 is 43.6 Å². The van der Waals surface area contributed by atoms with Crippen molar-refractivity contribution < 1.29 is 57.2 Å². The van der Waals surface area contributed by atoms with Crippen LogP contribution in [0.15, 0.2) is 24.5 Å². The minimum atomic E-state index is -4.86. The second-order valence-electron chi connectivity index (χ2n) is 9.24. The van der Waals surface area contributed by atoms with E-state index >= 15 is 0 Å². The van der Waals surface area contributed by atoms with E-state index in [4.69, 9.17) is 0 Å². The second-order valence-corrected chi connectivity index (χ2v) is 13.3. The van der Waals surface area contributed by atoms with E-state index in [1.54, 1.807) is 0 Å². The first-order chi connectivity index (χ1) is 15.6. The van der Waals surface area contributed by atoms with Gasteiger partial charge in [0.2, 0.25) is 0 Å². The molecule has 0 atom stereocenters. The summed E-state index contributed by atoms with van der Waals surface area (Å²) in [6.45, 7) is 3.12. The van der Waals surface area contributed by atoms with Gasteiger partial charge in [-0.15, -0.1) is 0 Å². The fourth-order valence-corrected chi connectivity index (χ4v) is 6.68. The van der Waals surface area contributed by atoms with Gasteiger partial charge in [-0.1, -0.05) is 84.0 Å². The molecular weight excluding hydrogens is 587 g/mol. The van der Waals surface area contributed by atoms with Crippen LogP contribution in [0.2, 0.25) is 0 Å². The van der Waals surface area contributed by atoms with Crippen molar-refractivity contribution in [2.24, 2.45) is 0 Å². The van der Waals surface area contributed by atoms with Crippen LogP contribution in [0.1, 0.15) is 109 Å². The Morgan fingerprint density at radius 1 is 0.765 bits per heavy atom. The van der Waals surface area contributed by atoms with Gasteiger partial charge in [-0.25, -0.2) is 4.57 Å². The first kappa shape index (κ1) is 34.2. The van der Waals surface area contributed by atoms with Gasteiger partial charge in [0.25, 0.3) is 0 Å². The normalized spacial score (nSPS) is 12.2. The second kappa shape index (κ2) is 19.3. The fraction of sp³-hybridized carbons (Fsp3) is 0.792. The molecule has 0 aliphatic carbocycles. The van der Waals surface area contributed by atoms with Crippen LogP contribution < -0.4 is 28.5 Å². The zero-order valence-corrected chi connectivity index (χ0v) is 24.7. The van der Waals surface area contributed by atoms with Crippen molar-refractivity contribution in [3.8, 4) is 0 Å². The van der Waals surface area contributed by atoms with Crippen LogP contribution in [0.3, 0.4) is 0 Å². The first-order valence-electron chi connectivity index (χ1n) is 12.7. The smallest absolute Gasteiger partial charge is 0.340 e. The molecule has 1 heterocycles. The van der Waals surface area contributed by atoms with Gasteiger partial charge >= 0.3 is 15.2 Å². The van der Waals surface area contributed by atoms with E-state index in [2.05, 4.69) is 6.92 Å². The highest BCUT2D eigenvalue weighted by molar-refractivity contribution is 7.70. The molecule has 0 amide bonds. The van der Waals surface area contributed by atoms with Crippen molar-refractivity contribution in [3.05, 3.63) is 30.1 Å². The monoisotopic (exact) mass is 633 g/mol. The molecular formula is C24H46INO6P2. The number of halogens is 1. The fourth-order valence-electron chi connectivity index (χ4n) is 4.18. The molecule has 10 heteroatoms. The molecule has 200 valence electrons. The Balaban J connectivity index is 0.0000109. The Bertz CT molecular complexity index is 718. The molecule has 0 radical (unpaired) electrons. The average Bonchev–Trinajstić information content (AvgIpc) is 2.72. The molecule has 0 bridgehead atoms. The molecule has 1 aromatic rings. The van der Waals surface area contributed by atoms with E-state index in [0.29, 0.717) is 0 Å². The van der Waals surface area contributed by atoms with Crippen LogP contribution in [0.25, 0.3) is 0 Å². The minimum Gasteiger partial charge on any atom is -1.00 e. The summed E-state index contributed by atoms with van der Waals surface area (Å²) in [5, 5.41) is -1.94. The minimum absolute atomic E-state index is 0. The van der Waals surface area contributed by atoms with Gasteiger partial charge in [-0.3, -0.25) is 9.13 Å². The van der Waals surface area contributed by atoms with Crippen LogP contribution in [0.4, 0.5) is 0 Å². The molecule has 0 fully saturated rings. The quantitative estimate of drug-likeness (QED) is 0.0759. The molecule has 0 aliphatic heterocycles. The topological polar surface area (TPSA) is 119 Å². The Labute approximate surface area is 223 Å². The lowest BCUT2D eigenvalue weighted by Crippen LogP contribution is -3.00. The Morgan fingerprint density at radius 2 is 1.21 bits per heavy atom. The van der Waals surface area contributed by atoms with Crippen LogP contribution >= 0.6 is 15.2 Å². The molecule has 0 saturated carbocycles. The number of pyridine rings is 1. The summed E-state index contributed by atoms with van der Waals surface area (Å²) in [6, 6.07) is 3.68. The summed E-state index contributed by atoms with van der Waals surface area (Å²) < 4.78 is 24.9. The van der Waals surface area contributed by atoms with Gasteiger partial charge in [0, 0.05) is 18.1 Å². The first-order valence-corrected chi connectivity index (χ1v) is 16.1. The maximum absolute atomic E-state index is 11.4. The summed E-state index contributed by atoms with van der Waals surface area (Å²) in [6.07, 6.45) is 22.3. The van der Waals surface area contributed by atoms with E-state index in [-0.39, 0.29) is 36.8 Å². The SMILES string of the molecule is CCCCCCCCCCCCCCCC[n+]1cccc(CCC(P(=O)(O)O)P(=O)(O)O)c1.[I-]. The Morgan fingerprint density at radius 3 is 1.65 bits per heavy atom. The van der Waals surface area contributed by atoms with E-state index in [1.165, 1.54) is 83.5 Å². The molecule has 0 aliphatic rings. The summed E-state index contributed by atoms with van der Waals surface area (Å²) in [4.78, 5) is 37.0. The maximum Gasteiger partial charge on any atom is 0.340 e. The highest BCUT2D eigenvalue weighted by Crippen LogP contribution is 2.61. The van der Waals surface area contributed by atoms with Crippen molar-refractivity contribution >= 4 is 15.2 Å². The number of hydrogen-bond acceptors (Lipinski definition) is 2. The van der Waals surface area contributed by atoms with Crippen LogP contribution in [-0.2, 0) is 22.1 Å². The number of nitrogens with zero attached hydrogens (tertiary/aromatic N) is 1. The van der Waals surface area contributed by atoms with Gasteiger partial charge in [-0.05, 0) is 25.3 Å². The third kappa shape index (κ3) is 16.8. The van der Waals surface area contributed by atoms with Gasteiger partial charge in [0.15, 0.2) is 17.8 Å². The standard InChI is InChI=1S/C24H45NO6P2.HI/c1-2-3-4-5-6-7-8-9-10-11-12-13-14-15-20-25-21-16-17-23(22-25)18-19-24(32(26,27)28)33(29,30)31;/h16-17,21-22,24H,2-15,18-20H2,1H3,(H3-,26,27,28,29,30,31);1H. The van der Waals surface area contributed by atoms with Crippen molar-refractivity contribution in [3.63, 3.8) is 0 Å². The van der Waals surface area contributed by atoms with Gasteiger partial charge in [-0.2, -0.15) is 0 Å². The predicted molar refractivity (Wildman–Crippen MR) is 133 cm³/mol. The van der Waals surface area contributed by atoms with Crippen molar-refractivity contribution in [2.75, 3.05) is 0 Å². The molecule has 34 heavy (non-hydrogen) atoms. The zero-order chi connectivity index (χ0) is 24.6. The maximum atomic E-state index is 11.4. The summed E-state index contributed by atoms with van der Waals surface area (Å²) in [5.74, 6) is 0. The molecule has 0 spiro atoms. The Kier molecular flexibility index (Phi) is 19.4. The van der Waals surface area contributed by atoms with Crippen molar-refractivity contribution in [2.45, 2.75) is 122 Å². The molecule has 0 aromatic carbocycles. The van der Waals surface area contributed by atoms with E-state index in [1.807, 2.05) is 29.1 Å². The van der Waals surface area contributed by atoms with Crippen LogP contribution in [-0.4, -0.2) is 25.0 Å². The van der Waals surface area contributed by atoms with Gasteiger partial charge in [0.1, 0.15) is 6.54 Å². The summed E-state index contributed by atoms with van der Waals surface area (Å²) in [7, 11) is -9.72. The molecule has 0 unspecified atom stereocenters. The van der Waals surface area contributed by atoms with Crippen molar-refractivity contribution in [1.82, 2.24) is 0 Å². The third-order valence-electron chi connectivity index (χ3n) is 6.16. The van der Waals surface area contributed by atoms with Crippen LogP contribution in [0, 0.1) is 0 Å². The molecule has 1 aromatic heterocycles. The molecule has 0 saturated heterocycles. The Hall–Kier alpha value is 0.180. The predicted octanol–water partition coefficient (Wildman–Crippen LogP) is 3.07. The van der Waals surface area contributed by atoms with Gasteiger partial charge in [0.05, 0.1) is 0 Å². The molecule has 1 rings (SSSR count). The average molecular weight is 633 g/mol. The lowest BCUT2D eigenvalue weighted by atomic mass is 10.0. The zero-order valence-electron chi connectivity index (χ0n) is 20.7. The largest absolute Gasteiger partial charge is 1.00 e. The van der Waals surface area contributed by atoms with E-state index in [9.17, 15) is 28.7 Å². The lowest BCUT2D eigenvalue weighted by Gasteiger charge is -2.19. The molecule has 7 nitrogen and oxygen atoms in total. The highest BCUT2D eigenvalue weighted by Gasteiger charge is 2.42. The number of hydrogen-bond donors (Lipinski definition) is 4.